The molecule has 5 heteroatoms. The lowest BCUT2D eigenvalue weighted by atomic mass is 9.91. The summed E-state index contributed by atoms with van der Waals surface area (Å²) in [4.78, 5) is 30.0. The molecular formula is C22H31N3O2. The van der Waals surface area contributed by atoms with Gasteiger partial charge in [0.25, 0.3) is 0 Å². The Labute approximate surface area is 161 Å². The molecule has 1 aromatic rings. The molecule has 4 rings (SSSR count). The first-order chi connectivity index (χ1) is 13.1. The molecule has 1 heterocycles. The molecule has 0 bridgehead atoms. The Morgan fingerprint density at radius 2 is 1.67 bits per heavy atom. The van der Waals surface area contributed by atoms with Crippen LogP contribution in [-0.4, -0.2) is 46.3 Å². The quantitative estimate of drug-likeness (QED) is 0.868. The van der Waals surface area contributed by atoms with Crippen molar-refractivity contribution in [1.82, 2.24) is 9.80 Å². The smallest absolute Gasteiger partial charge is 0.242 e. The second kappa shape index (κ2) is 7.63. The molecule has 2 N–H and O–H groups in total. The highest BCUT2D eigenvalue weighted by atomic mass is 16.2. The first-order valence-electron chi connectivity index (χ1n) is 10.5. The van der Waals surface area contributed by atoms with E-state index < -0.39 is 5.54 Å². The number of benzene rings is 1. The summed E-state index contributed by atoms with van der Waals surface area (Å²) in [6.07, 6.45) is 7.46. The average Bonchev–Trinajstić information content (AvgIpc) is 3.46. The molecule has 1 saturated heterocycles. The Morgan fingerprint density at radius 1 is 1.04 bits per heavy atom. The van der Waals surface area contributed by atoms with Crippen LogP contribution < -0.4 is 5.73 Å². The number of hydrogen-bond acceptors (Lipinski definition) is 3. The van der Waals surface area contributed by atoms with Gasteiger partial charge in [-0.3, -0.25) is 9.59 Å². The molecule has 2 amide bonds. The number of carbonyl (C=O) groups is 2. The molecule has 0 radical (unpaired) electrons. The van der Waals surface area contributed by atoms with E-state index in [1.165, 1.54) is 5.56 Å². The largest absolute Gasteiger partial charge is 0.341 e. The molecule has 0 spiro atoms. The van der Waals surface area contributed by atoms with Gasteiger partial charge < -0.3 is 15.5 Å². The Kier molecular flexibility index (Phi) is 5.22. The van der Waals surface area contributed by atoms with Crippen LogP contribution in [0.3, 0.4) is 0 Å². The first kappa shape index (κ1) is 18.5. The number of rotatable bonds is 5. The number of likely N-dealkylation sites (tertiary alicyclic amines) is 1. The summed E-state index contributed by atoms with van der Waals surface area (Å²) in [7, 11) is 0. The van der Waals surface area contributed by atoms with Gasteiger partial charge in [0.15, 0.2) is 0 Å². The average molecular weight is 370 g/mol. The molecular weight excluding hydrogens is 338 g/mol. The lowest BCUT2D eigenvalue weighted by molar-refractivity contribution is -0.144. The van der Waals surface area contributed by atoms with Crippen LogP contribution in [0, 0.1) is 5.92 Å². The highest BCUT2D eigenvalue weighted by Crippen LogP contribution is 2.33. The minimum absolute atomic E-state index is 0.0377. The Bertz CT molecular complexity index is 672. The number of hydrogen-bond donors (Lipinski definition) is 1. The van der Waals surface area contributed by atoms with Crippen molar-refractivity contribution in [2.45, 2.75) is 69.5 Å². The molecule has 1 aromatic carbocycles. The van der Waals surface area contributed by atoms with Crippen LogP contribution in [0.2, 0.25) is 0 Å². The summed E-state index contributed by atoms with van der Waals surface area (Å²) in [6.45, 7) is 2.03. The zero-order valence-corrected chi connectivity index (χ0v) is 16.1. The van der Waals surface area contributed by atoms with Crippen molar-refractivity contribution >= 4 is 11.8 Å². The number of carbonyl (C=O) groups excluding carboxylic acids is 2. The second-order valence-electron chi connectivity index (χ2n) is 8.61. The van der Waals surface area contributed by atoms with E-state index in [1.807, 2.05) is 23.1 Å². The van der Waals surface area contributed by atoms with Gasteiger partial charge in [-0.1, -0.05) is 43.2 Å². The molecule has 2 aliphatic carbocycles. The van der Waals surface area contributed by atoms with E-state index in [0.29, 0.717) is 25.7 Å². The van der Waals surface area contributed by atoms with E-state index in [1.54, 1.807) is 0 Å². The molecule has 27 heavy (non-hydrogen) atoms. The number of amides is 2. The van der Waals surface area contributed by atoms with Crippen molar-refractivity contribution in [2.24, 2.45) is 11.7 Å². The Hall–Kier alpha value is -1.88. The van der Waals surface area contributed by atoms with Gasteiger partial charge in [-0.15, -0.1) is 0 Å². The van der Waals surface area contributed by atoms with E-state index in [9.17, 15) is 9.59 Å². The fraction of sp³-hybridized carbons (Fsp3) is 0.636. The highest BCUT2D eigenvalue weighted by molar-refractivity contribution is 5.87. The summed E-state index contributed by atoms with van der Waals surface area (Å²) in [5, 5.41) is 0. The van der Waals surface area contributed by atoms with Crippen molar-refractivity contribution < 1.29 is 9.59 Å². The van der Waals surface area contributed by atoms with Crippen molar-refractivity contribution in [3.63, 3.8) is 0 Å². The minimum atomic E-state index is -0.649. The maximum Gasteiger partial charge on any atom is 0.242 e. The zero-order chi connectivity index (χ0) is 18.9. The molecule has 1 aliphatic heterocycles. The topological polar surface area (TPSA) is 66.6 Å². The standard InChI is InChI=1S/C22H31N3O2/c23-22(12-4-5-13-22)21(27)24-14-10-18(11-15-24)20(26)25(19-8-9-19)16-17-6-2-1-3-7-17/h1-3,6-7,18-19H,4-5,8-16,23H2. The Morgan fingerprint density at radius 3 is 2.26 bits per heavy atom. The maximum absolute atomic E-state index is 13.2. The van der Waals surface area contributed by atoms with Gasteiger partial charge in [-0.25, -0.2) is 0 Å². The molecule has 5 nitrogen and oxygen atoms in total. The predicted molar refractivity (Wildman–Crippen MR) is 105 cm³/mol. The maximum atomic E-state index is 13.2. The van der Waals surface area contributed by atoms with Gasteiger partial charge in [0.05, 0.1) is 5.54 Å². The van der Waals surface area contributed by atoms with Crippen LogP contribution in [0.5, 0.6) is 0 Å². The summed E-state index contributed by atoms with van der Waals surface area (Å²) in [6, 6.07) is 10.6. The normalized spacial score (nSPS) is 22.6. The third-order valence-electron chi connectivity index (χ3n) is 6.52. The summed E-state index contributed by atoms with van der Waals surface area (Å²) < 4.78 is 0. The highest BCUT2D eigenvalue weighted by Gasteiger charge is 2.42. The second-order valence-corrected chi connectivity index (χ2v) is 8.61. The first-order valence-corrected chi connectivity index (χ1v) is 10.5. The van der Waals surface area contributed by atoms with Crippen molar-refractivity contribution in [3.05, 3.63) is 35.9 Å². The van der Waals surface area contributed by atoms with E-state index in [4.69, 9.17) is 5.73 Å². The fourth-order valence-electron chi connectivity index (χ4n) is 4.65. The van der Waals surface area contributed by atoms with Gasteiger partial charge in [0.1, 0.15) is 0 Å². The molecule has 0 aromatic heterocycles. The van der Waals surface area contributed by atoms with Crippen LogP contribution in [0.15, 0.2) is 30.3 Å². The predicted octanol–water partition coefficient (Wildman–Crippen LogP) is 2.69. The fourth-order valence-corrected chi connectivity index (χ4v) is 4.65. The van der Waals surface area contributed by atoms with Crippen LogP contribution in [0.25, 0.3) is 0 Å². The van der Waals surface area contributed by atoms with Crippen LogP contribution >= 0.6 is 0 Å². The summed E-state index contributed by atoms with van der Waals surface area (Å²) in [5.74, 6) is 0.418. The number of nitrogens with two attached hydrogens (primary N) is 1. The van der Waals surface area contributed by atoms with Gasteiger partial charge in [0, 0.05) is 31.6 Å². The van der Waals surface area contributed by atoms with Crippen molar-refractivity contribution in [2.75, 3.05) is 13.1 Å². The van der Waals surface area contributed by atoms with Crippen molar-refractivity contribution in [3.8, 4) is 0 Å². The van der Waals surface area contributed by atoms with Crippen LogP contribution in [0.1, 0.15) is 56.9 Å². The Balaban J connectivity index is 1.35. The van der Waals surface area contributed by atoms with Gasteiger partial charge in [-0.2, -0.15) is 0 Å². The molecule has 0 unspecified atom stereocenters. The van der Waals surface area contributed by atoms with E-state index >= 15 is 0 Å². The molecule has 3 aliphatic rings. The SMILES string of the molecule is NC1(C(=O)N2CCC(C(=O)N(Cc3ccccc3)C3CC3)CC2)CCCC1. The van der Waals surface area contributed by atoms with Gasteiger partial charge >= 0.3 is 0 Å². The van der Waals surface area contributed by atoms with Crippen molar-refractivity contribution in [1.29, 1.82) is 0 Å². The number of nitrogens with zero attached hydrogens (tertiary/aromatic N) is 2. The molecule has 2 saturated carbocycles. The van der Waals surface area contributed by atoms with E-state index in [-0.39, 0.29) is 17.7 Å². The van der Waals surface area contributed by atoms with Gasteiger partial charge in [0.2, 0.25) is 11.8 Å². The van der Waals surface area contributed by atoms with E-state index in [2.05, 4.69) is 17.0 Å². The summed E-state index contributed by atoms with van der Waals surface area (Å²) in [5.41, 5.74) is 6.89. The van der Waals surface area contributed by atoms with Crippen LogP contribution in [-0.2, 0) is 16.1 Å². The third kappa shape index (κ3) is 4.03. The molecule has 0 atom stereocenters. The molecule has 146 valence electrons. The molecule has 3 fully saturated rings. The number of piperidine rings is 1. The monoisotopic (exact) mass is 369 g/mol. The van der Waals surface area contributed by atoms with Gasteiger partial charge in [-0.05, 0) is 44.1 Å². The van der Waals surface area contributed by atoms with E-state index in [0.717, 1.165) is 51.4 Å². The zero-order valence-electron chi connectivity index (χ0n) is 16.1. The third-order valence-corrected chi connectivity index (χ3v) is 6.52. The van der Waals surface area contributed by atoms with Crippen LogP contribution in [0.4, 0.5) is 0 Å². The minimum Gasteiger partial charge on any atom is -0.341 e. The summed E-state index contributed by atoms with van der Waals surface area (Å²) >= 11 is 0. The lowest BCUT2D eigenvalue weighted by Gasteiger charge is -2.37. The lowest BCUT2D eigenvalue weighted by Crippen LogP contribution is -2.56.